The van der Waals surface area contributed by atoms with E-state index in [2.05, 4.69) is 5.32 Å². The number of phenols is 1. The Bertz CT molecular complexity index is 504. The summed E-state index contributed by atoms with van der Waals surface area (Å²) in [4.78, 5) is 0.174. The average molecular weight is 255 g/mol. The molecule has 0 aliphatic carbocycles. The number of phenolic OH excluding ortho intramolecular Hbond substituents is 1. The highest BCUT2D eigenvalue weighted by atomic mass is 32.2. The summed E-state index contributed by atoms with van der Waals surface area (Å²) in [5, 5.41) is 13.2. The Morgan fingerprint density at radius 3 is 2.47 bits per heavy atom. The van der Waals surface area contributed by atoms with Crippen molar-refractivity contribution < 1.29 is 13.5 Å². The Balaban J connectivity index is 2.31. The van der Waals surface area contributed by atoms with Gasteiger partial charge in [-0.25, -0.2) is 8.42 Å². The number of hydrogen-bond donors (Lipinski definition) is 2. The van der Waals surface area contributed by atoms with Gasteiger partial charge >= 0.3 is 0 Å². The van der Waals surface area contributed by atoms with Crippen molar-refractivity contribution in [2.75, 3.05) is 19.3 Å². The van der Waals surface area contributed by atoms with E-state index in [4.69, 9.17) is 0 Å². The van der Waals surface area contributed by atoms with Gasteiger partial charge in [0.1, 0.15) is 5.75 Å². The van der Waals surface area contributed by atoms with Gasteiger partial charge in [-0.1, -0.05) is 6.07 Å². The molecule has 1 aliphatic rings. The maximum atomic E-state index is 11.4. The van der Waals surface area contributed by atoms with E-state index in [9.17, 15) is 13.5 Å². The van der Waals surface area contributed by atoms with Gasteiger partial charge in [-0.05, 0) is 49.5 Å². The lowest BCUT2D eigenvalue weighted by Crippen LogP contribution is -2.26. The van der Waals surface area contributed by atoms with Gasteiger partial charge in [-0.3, -0.25) is 0 Å². The van der Waals surface area contributed by atoms with E-state index in [1.165, 1.54) is 6.07 Å². The molecule has 0 amide bonds. The molecule has 17 heavy (non-hydrogen) atoms. The molecule has 2 rings (SSSR count). The molecule has 1 saturated heterocycles. The second-order valence-electron chi connectivity index (χ2n) is 4.52. The van der Waals surface area contributed by atoms with Crippen molar-refractivity contribution in [1.29, 1.82) is 0 Å². The minimum atomic E-state index is -3.25. The summed E-state index contributed by atoms with van der Waals surface area (Å²) in [5.41, 5.74) is 0.860. The molecule has 0 saturated carbocycles. The van der Waals surface area contributed by atoms with Crippen molar-refractivity contribution in [2.24, 2.45) is 0 Å². The third kappa shape index (κ3) is 2.79. The highest BCUT2D eigenvalue weighted by molar-refractivity contribution is 7.90. The molecular weight excluding hydrogens is 238 g/mol. The summed E-state index contributed by atoms with van der Waals surface area (Å²) in [7, 11) is -3.25. The van der Waals surface area contributed by atoms with Gasteiger partial charge in [0.15, 0.2) is 9.84 Å². The number of piperidine rings is 1. The van der Waals surface area contributed by atoms with Crippen molar-refractivity contribution >= 4 is 9.84 Å². The summed E-state index contributed by atoms with van der Waals surface area (Å²) in [5.74, 6) is 0.421. The molecule has 1 fully saturated rings. The van der Waals surface area contributed by atoms with Crippen LogP contribution in [0.3, 0.4) is 0 Å². The molecule has 1 aromatic rings. The molecule has 1 aliphatic heterocycles. The van der Waals surface area contributed by atoms with E-state index in [1.807, 2.05) is 0 Å². The fourth-order valence-corrected chi connectivity index (χ4v) is 2.87. The number of rotatable bonds is 2. The van der Waals surface area contributed by atoms with Crippen molar-refractivity contribution in [2.45, 2.75) is 23.7 Å². The summed E-state index contributed by atoms with van der Waals surface area (Å²) < 4.78 is 22.7. The lowest BCUT2D eigenvalue weighted by molar-refractivity contribution is 0.423. The van der Waals surface area contributed by atoms with Crippen LogP contribution in [-0.4, -0.2) is 32.9 Å². The zero-order valence-corrected chi connectivity index (χ0v) is 10.6. The Morgan fingerprint density at radius 1 is 1.29 bits per heavy atom. The first kappa shape index (κ1) is 12.4. The molecule has 0 radical (unpaired) electrons. The van der Waals surface area contributed by atoms with Crippen LogP contribution in [0.5, 0.6) is 5.75 Å². The van der Waals surface area contributed by atoms with E-state index < -0.39 is 9.84 Å². The molecule has 0 bridgehead atoms. The molecular formula is C12H17NO3S. The first-order valence-electron chi connectivity index (χ1n) is 5.72. The third-order valence-corrected chi connectivity index (χ3v) is 4.32. The smallest absolute Gasteiger partial charge is 0.175 e. The molecule has 94 valence electrons. The van der Waals surface area contributed by atoms with E-state index in [0.717, 1.165) is 37.8 Å². The first-order chi connectivity index (χ1) is 7.98. The zero-order chi connectivity index (χ0) is 12.5. The predicted octanol–water partition coefficient (Wildman–Crippen LogP) is 1.26. The molecule has 5 heteroatoms. The second-order valence-corrected chi connectivity index (χ2v) is 6.53. The largest absolute Gasteiger partial charge is 0.508 e. The first-order valence-corrected chi connectivity index (χ1v) is 7.61. The SMILES string of the molecule is CS(=O)(=O)c1ccc(C2CCNCC2)c(O)c1. The standard InChI is InChI=1S/C12H17NO3S/c1-17(15,16)10-2-3-11(12(14)8-10)9-4-6-13-7-5-9/h2-3,8-9,13-14H,4-7H2,1H3. The predicted molar refractivity (Wildman–Crippen MR) is 66.1 cm³/mol. The van der Waals surface area contributed by atoms with Gasteiger partial charge in [0.05, 0.1) is 4.90 Å². The van der Waals surface area contributed by atoms with Crippen molar-refractivity contribution in [3.8, 4) is 5.75 Å². The van der Waals surface area contributed by atoms with Gasteiger partial charge in [0, 0.05) is 6.26 Å². The van der Waals surface area contributed by atoms with Crippen LogP contribution in [0.2, 0.25) is 0 Å². The van der Waals surface area contributed by atoms with Gasteiger partial charge in [-0.2, -0.15) is 0 Å². The van der Waals surface area contributed by atoms with E-state index in [0.29, 0.717) is 5.92 Å². The average Bonchev–Trinajstić information content (AvgIpc) is 2.29. The van der Waals surface area contributed by atoms with Crippen LogP contribution in [-0.2, 0) is 9.84 Å². The van der Waals surface area contributed by atoms with Gasteiger partial charge in [-0.15, -0.1) is 0 Å². The van der Waals surface area contributed by atoms with Crippen LogP contribution in [0.25, 0.3) is 0 Å². The summed E-state index contributed by atoms with van der Waals surface area (Å²) in [6, 6.07) is 4.67. The molecule has 0 aromatic heterocycles. The molecule has 0 unspecified atom stereocenters. The fraction of sp³-hybridized carbons (Fsp3) is 0.500. The number of hydrogen-bond acceptors (Lipinski definition) is 4. The Labute approximate surface area is 102 Å². The van der Waals surface area contributed by atoms with Crippen LogP contribution < -0.4 is 5.32 Å². The lowest BCUT2D eigenvalue weighted by Gasteiger charge is -2.23. The van der Waals surface area contributed by atoms with Gasteiger partial charge < -0.3 is 10.4 Å². The second kappa shape index (κ2) is 4.66. The number of benzene rings is 1. The lowest BCUT2D eigenvalue weighted by atomic mass is 9.90. The van der Waals surface area contributed by atoms with Gasteiger partial charge in [0.25, 0.3) is 0 Å². The van der Waals surface area contributed by atoms with Crippen molar-refractivity contribution in [3.63, 3.8) is 0 Å². The van der Waals surface area contributed by atoms with Gasteiger partial charge in [0.2, 0.25) is 0 Å². The molecule has 1 heterocycles. The van der Waals surface area contributed by atoms with Crippen molar-refractivity contribution in [3.05, 3.63) is 23.8 Å². The quantitative estimate of drug-likeness (QED) is 0.835. The maximum absolute atomic E-state index is 11.4. The zero-order valence-electron chi connectivity index (χ0n) is 9.81. The van der Waals surface area contributed by atoms with Crippen LogP contribution in [0.15, 0.2) is 23.1 Å². The Hall–Kier alpha value is -1.07. The Kier molecular flexibility index (Phi) is 3.40. The fourth-order valence-electron chi connectivity index (χ4n) is 2.23. The van der Waals surface area contributed by atoms with Crippen molar-refractivity contribution in [1.82, 2.24) is 5.32 Å². The van der Waals surface area contributed by atoms with Crippen LogP contribution in [0.1, 0.15) is 24.3 Å². The molecule has 1 aromatic carbocycles. The number of sulfone groups is 1. The molecule has 2 N–H and O–H groups in total. The van der Waals surface area contributed by atoms with E-state index in [-0.39, 0.29) is 10.6 Å². The molecule has 0 spiro atoms. The summed E-state index contributed by atoms with van der Waals surface area (Å²) >= 11 is 0. The molecule has 0 atom stereocenters. The topological polar surface area (TPSA) is 66.4 Å². The van der Waals surface area contributed by atoms with Crippen LogP contribution in [0, 0.1) is 0 Å². The summed E-state index contributed by atoms with van der Waals surface area (Å²) in [6.07, 6.45) is 3.10. The van der Waals surface area contributed by atoms with Crippen LogP contribution >= 0.6 is 0 Å². The van der Waals surface area contributed by atoms with E-state index in [1.54, 1.807) is 12.1 Å². The third-order valence-electron chi connectivity index (χ3n) is 3.21. The monoisotopic (exact) mass is 255 g/mol. The normalized spacial score (nSPS) is 18.2. The maximum Gasteiger partial charge on any atom is 0.175 e. The molecule has 4 nitrogen and oxygen atoms in total. The highest BCUT2D eigenvalue weighted by Crippen LogP contribution is 2.33. The number of nitrogens with one attached hydrogen (secondary N) is 1. The minimum Gasteiger partial charge on any atom is -0.508 e. The highest BCUT2D eigenvalue weighted by Gasteiger charge is 2.19. The Morgan fingerprint density at radius 2 is 1.94 bits per heavy atom. The number of aromatic hydroxyl groups is 1. The van der Waals surface area contributed by atoms with Crippen LogP contribution in [0.4, 0.5) is 0 Å². The summed E-state index contributed by atoms with van der Waals surface area (Å²) in [6.45, 7) is 1.88. The van der Waals surface area contributed by atoms with E-state index >= 15 is 0 Å². The minimum absolute atomic E-state index is 0.0971.